The van der Waals surface area contributed by atoms with Gasteiger partial charge in [-0.3, -0.25) is 14.9 Å². The molecule has 2 heterocycles. The van der Waals surface area contributed by atoms with E-state index in [9.17, 15) is 14.9 Å². The molecule has 0 aliphatic carbocycles. The molecule has 0 saturated heterocycles. The van der Waals surface area contributed by atoms with Gasteiger partial charge in [-0.05, 0) is 30.3 Å². The SMILES string of the molecule is O=c1c2ccccc2nc(-c2ccccc2)n1N=Cc1ccc(-c2ccccc2[N+](=O)[O-])o1. The zero-order chi connectivity index (χ0) is 22.8. The normalized spacial score (nSPS) is 11.3. The van der Waals surface area contributed by atoms with Gasteiger partial charge < -0.3 is 4.42 Å². The molecule has 0 aliphatic heterocycles. The van der Waals surface area contributed by atoms with Crippen molar-refractivity contribution in [3.63, 3.8) is 0 Å². The lowest BCUT2D eigenvalue weighted by Gasteiger charge is -2.09. The molecule has 0 unspecified atom stereocenters. The van der Waals surface area contributed by atoms with Gasteiger partial charge in [0.25, 0.3) is 11.2 Å². The third-order valence-electron chi connectivity index (χ3n) is 5.08. The Morgan fingerprint density at radius 3 is 2.45 bits per heavy atom. The Morgan fingerprint density at radius 2 is 1.64 bits per heavy atom. The van der Waals surface area contributed by atoms with E-state index in [4.69, 9.17) is 4.42 Å². The topological polar surface area (TPSA) is 104 Å². The van der Waals surface area contributed by atoms with Gasteiger partial charge in [-0.2, -0.15) is 9.78 Å². The zero-order valence-electron chi connectivity index (χ0n) is 17.2. The van der Waals surface area contributed by atoms with Crippen LogP contribution in [0.15, 0.2) is 105 Å². The second-order valence-electron chi connectivity index (χ2n) is 7.16. The molecule has 0 radical (unpaired) electrons. The molecule has 0 spiro atoms. The molecule has 0 bridgehead atoms. The number of aromatic nitrogens is 2. The number of nitrogens with zero attached hydrogens (tertiary/aromatic N) is 4. The summed E-state index contributed by atoms with van der Waals surface area (Å²) in [6.07, 6.45) is 1.39. The number of furan rings is 1. The average Bonchev–Trinajstić information content (AvgIpc) is 3.33. The minimum Gasteiger partial charge on any atom is -0.455 e. The second-order valence-corrected chi connectivity index (χ2v) is 7.16. The van der Waals surface area contributed by atoms with E-state index in [2.05, 4.69) is 10.1 Å². The van der Waals surface area contributed by atoms with E-state index >= 15 is 0 Å². The van der Waals surface area contributed by atoms with Gasteiger partial charge in [0.15, 0.2) is 5.82 Å². The molecule has 5 aromatic rings. The molecule has 0 N–H and O–H groups in total. The zero-order valence-corrected chi connectivity index (χ0v) is 17.2. The van der Waals surface area contributed by atoms with E-state index in [-0.39, 0.29) is 11.2 Å². The Labute approximate surface area is 187 Å². The summed E-state index contributed by atoms with van der Waals surface area (Å²) in [7, 11) is 0. The molecule has 8 heteroatoms. The van der Waals surface area contributed by atoms with Gasteiger partial charge >= 0.3 is 0 Å². The van der Waals surface area contributed by atoms with Crippen molar-refractivity contribution in [1.82, 2.24) is 9.66 Å². The first-order valence-electron chi connectivity index (χ1n) is 10.1. The summed E-state index contributed by atoms with van der Waals surface area (Å²) >= 11 is 0. The molecule has 5 rings (SSSR count). The van der Waals surface area contributed by atoms with Gasteiger partial charge in [0.05, 0.1) is 27.6 Å². The van der Waals surface area contributed by atoms with Crippen molar-refractivity contribution in [1.29, 1.82) is 0 Å². The Hall–Kier alpha value is -4.85. The van der Waals surface area contributed by atoms with Crippen LogP contribution in [0.3, 0.4) is 0 Å². The molecule has 0 amide bonds. The highest BCUT2D eigenvalue weighted by Gasteiger charge is 2.17. The highest BCUT2D eigenvalue weighted by atomic mass is 16.6. The Morgan fingerprint density at radius 1 is 0.909 bits per heavy atom. The predicted octanol–water partition coefficient (Wildman–Crippen LogP) is 5.11. The van der Waals surface area contributed by atoms with Crippen molar-refractivity contribution in [2.45, 2.75) is 0 Å². The van der Waals surface area contributed by atoms with Crippen LogP contribution in [0.1, 0.15) is 5.76 Å². The molecule has 2 aromatic heterocycles. The van der Waals surface area contributed by atoms with Gasteiger partial charge in [0.2, 0.25) is 0 Å². The van der Waals surface area contributed by atoms with Gasteiger partial charge in [-0.25, -0.2) is 4.98 Å². The summed E-state index contributed by atoms with van der Waals surface area (Å²) in [4.78, 5) is 28.7. The maximum atomic E-state index is 13.2. The van der Waals surface area contributed by atoms with Gasteiger partial charge in [0.1, 0.15) is 11.5 Å². The number of nitro benzene ring substituents is 1. The molecule has 0 atom stereocenters. The first-order valence-corrected chi connectivity index (χ1v) is 10.1. The average molecular weight is 436 g/mol. The molecule has 0 aliphatic rings. The Kier molecular flexibility index (Phi) is 5.08. The van der Waals surface area contributed by atoms with Crippen LogP contribution >= 0.6 is 0 Å². The second kappa shape index (κ2) is 8.35. The summed E-state index contributed by atoms with van der Waals surface area (Å²) < 4.78 is 6.99. The quantitative estimate of drug-likeness (QED) is 0.216. The number of hydrogen-bond acceptors (Lipinski definition) is 6. The first kappa shape index (κ1) is 20.1. The number of nitro groups is 1. The van der Waals surface area contributed by atoms with Crippen LogP contribution in [0.5, 0.6) is 0 Å². The van der Waals surface area contributed by atoms with Crippen LogP contribution in [0.2, 0.25) is 0 Å². The molecule has 8 nitrogen and oxygen atoms in total. The molecule has 0 saturated carbocycles. The van der Waals surface area contributed by atoms with E-state index in [0.717, 1.165) is 5.56 Å². The number of para-hydroxylation sites is 2. The Bertz CT molecular complexity index is 1570. The van der Waals surface area contributed by atoms with E-state index in [1.165, 1.54) is 17.0 Å². The minimum atomic E-state index is -0.460. The summed E-state index contributed by atoms with van der Waals surface area (Å²) in [5, 5.41) is 16.1. The maximum Gasteiger partial charge on any atom is 0.282 e. The highest BCUT2D eigenvalue weighted by molar-refractivity contribution is 5.81. The van der Waals surface area contributed by atoms with Crippen molar-refractivity contribution >= 4 is 22.8 Å². The highest BCUT2D eigenvalue weighted by Crippen LogP contribution is 2.30. The summed E-state index contributed by atoms with van der Waals surface area (Å²) in [5.41, 5.74) is 1.29. The standard InChI is InChI=1S/C25H16N4O4/c30-25-19-10-4-6-12-21(19)27-24(17-8-2-1-3-9-17)28(25)26-16-18-14-15-23(33-18)20-11-5-7-13-22(20)29(31)32/h1-16H. The predicted molar refractivity (Wildman–Crippen MR) is 125 cm³/mol. The number of hydrogen-bond donors (Lipinski definition) is 0. The fourth-order valence-corrected chi connectivity index (χ4v) is 3.53. The minimum absolute atomic E-state index is 0.0587. The lowest BCUT2D eigenvalue weighted by molar-refractivity contribution is -0.384. The van der Waals surface area contributed by atoms with Crippen LogP contribution in [0, 0.1) is 10.1 Å². The monoisotopic (exact) mass is 436 g/mol. The van der Waals surface area contributed by atoms with Crippen molar-refractivity contribution in [3.05, 3.63) is 117 Å². The van der Waals surface area contributed by atoms with E-state index in [1.54, 1.807) is 48.5 Å². The Balaban J connectivity index is 1.59. The molecular formula is C25H16N4O4. The fourth-order valence-electron chi connectivity index (χ4n) is 3.53. The van der Waals surface area contributed by atoms with Crippen molar-refractivity contribution in [2.24, 2.45) is 5.10 Å². The molecule has 0 fully saturated rings. The lowest BCUT2D eigenvalue weighted by Crippen LogP contribution is -2.20. The van der Waals surface area contributed by atoms with Crippen molar-refractivity contribution < 1.29 is 9.34 Å². The molecule has 33 heavy (non-hydrogen) atoms. The van der Waals surface area contributed by atoms with E-state index < -0.39 is 4.92 Å². The van der Waals surface area contributed by atoms with Crippen LogP contribution < -0.4 is 5.56 Å². The first-order chi connectivity index (χ1) is 16.1. The summed E-state index contributed by atoms with van der Waals surface area (Å²) in [6.45, 7) is 0. The summed E-state index contributed by atoms with van der Waals surface area (Å²) in [6, 6.07) is 26.0. The van der Waals surface area contributed by atoms with Crippen LogP contribution in [0.4, 0.5) is 5.69 Å². The molecular weight excluding hydrogens is 420 g/mol. The summed E-state index contributed by atoms with van der Waals surface area (Å²) in [5.74, 6) is 1.05. The van der Waals surface area contributed by atoms with Crippen LogP contribution in [0.25, 0.3) is 33.6 Å². The van der Waals surface area contributed by atoms with Crippen molar-refractivity contribution in [2.75, 3.05) is 0 Å². The van der Waals surface area contributed by atoms with Gasteiger partial charge in [0, 0.05) is 11.6 Å². The maximum absolute atomic E-state index is 13.2. The number of fused-ring (bicyclic) bond motifs is 1. The van der Waals surface area contributed by atoms with E-state index in [0.29, 0.717) is 33.8 Å². The van der Waals surface area contributed by atoms with Crippen LogP contribution in [-0.4, -0.2) is 20.8 Å². The fraction of sp³-hybridized carbons (Fsp3) is 0. The number of benzene rings is 3. The lowest BCUT2D eigenvalue weighted by atomic mass is 10.1. The smallest absolute Gasteiger partial charge is 0.282 e. The third kappa shape index (κ3) is 3.81. The molecule has 3 aromatic carbocycles. The third-order valence-corrected chi connectivity index (χ3v) is 5.08. The van der Waals surface area contributed by atoms with Crippen LogP contribution in [-0.2, 0) is 0 Å². The number of rotatable bonds is 5. The van der Waals surface area contributed by atoms with Crippen molar-refractivity contribution in [3.8, 4) is 22.7 Å². The van der Waals surface area contributed by atoms with Gasteiger partial charge in [-0.1, -0.05) is 54.6 Å². The van der Waals surface area contributed by atoms with Gasteiger partial charge in [-0.15, -0.1) is 0 Å². The molecule has 160 valence electrons. The largest absolute Gasteiger partial charge is 0.455 e. The van der Waals surface area contributed by atoms with E-state index in [1.807, 2.05) is 36.4 Å².